The fraction of sp³-hybridized carbons (Fsp3) is 0.280. The zero-order chi connectivity index (χ0) is 27.9. The zero-order valence-corrected chi connectivity index (χ0v) is 23.0. The maximum Gasteiger partial charge on any atom is 0.416 e. The Labute approximate surface area is 224 Å². The molecule has 3 aromatic rings. The standard InChI is InChI=1S/C25H26F3N3O4S3/c1-17-3-4-18(2)23(15-17)36-22-10-7-20(29)16-24(22)38(34,35)31-13-11-30(12-14-31)37(32,33)21-8-5-19(6-9-21)25(26,27)28/h3-10,15-16H,11-14,29H2,1-2H3. The number of hydrogen-bond acceptors (Lipinski definition) is 6. The molecule has 2 N–H and O–H groups in total. The Morgan fingerprint density at radius 2 is 1.34 bits per heavy atom. The van der Waals surface area contributed by atoms with Crippen LogP contribution in [0.15, 0.2) is 80.2 Å². The number of halogens is 3. The minimum absolute atomic E-state index is 0.0300. The van der Waals surface area contributed by atoms with Gasteiger partial charge in [0, 0.05) is 41.7 Å². The average Bonchev–Trinajstić information content (AvgIpc) is 2.87. The van der Waals surface area contributed by atoms with Crippen molar-refractivity contribution in [2.24, 2.45) is 0 Å². The van der Waals surface area contributed by atoms with Crippen LogP contribution < -0.4 is 5.73 Å². The van der Waals surface area contributed by atoms with Gasteiger partial charge in [0.15, 0.2) is 0 Å². The van der Waals surface area contributed by atoms with E-state index in [1.807, 2.05) is 32.0 Å². The lowest BCUT2D eigenvalue weighted by molar-refractivity contribution is -0.137. The van der Waals surface area contributed by atoms with Gasteiger partial charge in [-0.05, 0) is 73.5 Å². The highest BCUT2D eigenvalue weighted by Gasteiger charge is 2.36. The smallest absolute Gasteiger partial charge is 0.399 e. The Kier molecular flexibility index (Phi) is 7.88. The third-order valence-corrected chi connectivity index (χ3v) is 11.4. The molecule has 0 radical (unpaired) electrons. The maximum absolute atomic E-state index is 13.6. The molecule has 13 heteroatoms. The van der Waals surface area contributed by atoms with E-state index in [-0.39, 0.29) is 41.7 Å². The molecule has 1 aliphatic rings. The van der Waals surface area contributed by atoms with Crippen LogP contribution >= 0.6 is 11.8 Å². The van der Waals surface area contributed by atoms with Crippen LogP contribution in [0.4, 0.5) is 18.9 Å². The van der Waals surface area contributed by atoms with Crippen LogP contribution in [0, 0.1) is 13.8 Å². The average molecular weight is 586 g/mol. The van der Waals surface area contributed by atoms with Gasteiger partial charge in [0.25, 0.3) is 0 Å². The van der Waals surface area contributed by atoms with Crippen LogP contribution in [0.3, 0.4) is 0 Å². The summed E-state index contributed by atoms with van der Waals surface area (Å²) < 4.78 is 94.1. The van der Waals surface area contributed by atoms with Crippen molar-refractivity contribution in [2.75, 3.05) is 31.9 Å². The quantitative estimate of drug-likeness (QED) is 0.419. The van der Waals surface area contributed by atoms with Crippen molar-refractivity contribution in [3.63, 3.8) is 0 Å². The largest absolute Gasteiger partial charge is 0.416 e. The molecule has 0 saturated carbocycles. The predicted molar refractivity (Wildman–Crippen MR) is 140 cm³/mol. The molecule has 0 spiro atoms. The Hall–Kier alpha value is -2.58. The number of piperazine rings is 1. The fourth-order valence-electron chi connectivity index (χ4n) is 4.00. The lowest BCUT2D eigenvalue weighted by Crippen LogP contribution is -2.50. The third-order valence-electron chi connectivity index (χ3n) is 6.17. The van der Waals surface area contributed by atoms with E-state index in [2.05, 4.69) is 0 Å². The summed E-state index contributed by atoms with van der Waals surface area (Å²) in [4.78, 5) is 1.14. The predicted octanol–water partition coefficient (Wildman–Crippen LogP) is 4.75. The molecular formula is C25H26F3N3O4S3. The van der Waals surface area contributed by atoms with Crippen LogP contribution in [0.1, 0.15) is 16.7 Å². The zero-order valence-electron chi connectivity index (χ0n) is 20.6. The van der Waals surface area contributed by atoms with Gasteiger partial charge in [0.1, 0.15) is 0 Å². The lowest BCUT2D eigenvalue weighted by atomic mass is 10.2. The van der Waals surface area contributed by atoms with Crippen molar-refractivity contribution >= 4 is 37.5 Å². The molecule has 1 fully saturated rings. The number of nitrogens with zero attached hydrogens (tertiary/aromatic N) is 2. The topological polar surface area (TPSA) is 101 Å². The lowest BCUT2D eigenvalue weighted by Gasteiger charge is -2.33. The van der Waals surface area contributed by atoms with Crippen molar-refractivity contribution in [1.82, 2.24) is 8.61 Å². The number of rotatable bonds is 6. The van der Waals surface area contributed by atoms with Crippen LogP contribution in [0.2, 0.25) is 0 Å². The van der Waals surface area contributed by atoms with E-state index in [0.29, 0.717) is 17.0 Å². The molecule has 1 saturated heterocycles. The van der Waals surface area contributed by atoms with Gasteiger partial charge in [-0.3, -0.25) is 0 Å². The Morgan fingerprint density at radius 1 is 0.763 bits per heavy atom. The third kappa shape index (κ3) is 5.86. The van der Waals surface area contributed by atoms with E-state index < -0.39 is 31.8 Å². The van der Waals surface area contributed by atoms with Gasteiger partial charge in [-0.15, -0.1) is 0 Å². The fourth-order valence-corrected chi connectivity index (χ4v) is 8.40. The van der Waals surface area contributed by atoms with Crippen LogP contribution in [-0.2, 0) is 26.2 Å². The molecule has 38 heavy (non-hydrogen) atoms. The van der Waals surface area contributed by atoms with E-state index in [0.717, 1.165) is 32.5 Å². The Balaban J connectivity index is 1.55. The van der Waals surface area contributed by atoms with E-state index in [1.54, 1.807) is 12.1 Å². The second-order valence-corrected chi connectivity index (χ2v) is 13.8. The molecule has 0 aliphatic carbocycles. The maximum atomic E-state index is 13.6. The molecule has 4 rings (SSSR count). The second kappa shape index (κ2) is 10.5. The van der Waals surface area contributed by atoms with E-state index >= 15 is 0 Å². The van der Waals surface area contributed by atoms with Gasteiger partial charge in [-0.1, -0.05) is 23.9 Å². The molecule has 0 amide bonds. The number of nitrogens with two attached hydrogens (primary N) is 1. The summed E-state index contributed by atoms with van der Waals surface area (Å²) in [5.41, 5.74) is 7.27. The summed E-state index contributed by atoms with van der Waals surface area (Å²) in [6, 6.07) is 13.8. The number of nitrogen functional groups attached to an aromatic ring is 1. The van der Waals surface area contributed by atoms with Gasteiger partial charge in [0.2, 0.25) is 20.0 Å². The SMILES string of the molecule is Cc1ccc(C)c(Sc2ccc(N)cc2S(=O)(=O)N2CCN(S(=O)(=O)c3ccc(C(F)(F)F)cc3)CC2)c1. The molecule has 204 valence electrons. The number of benzene rings is 3. The number of hydrogen-bond donors (Lipinski definition) is 1. The summed E-state index contributed by atoms with van der Waals surface area (Å²) >= 11 is 1.31. The first-order valence-corrected chi connectivity index (χ1v) is 15.2. The summed E-state index contributed by atoms with van der Waals surface area (Å²) in [6.45, 7) is 3.34. The summed E-state index contributed by atoms with van der Waals surface area (Å²) in [6.07, 6.45) is -4.59. The monoisotopic (exact) mass is 585 g/mol. The van der Waals surface area contributed by atoms with Crippen LogP contribution in [0.25, 0.3) is 0 Å². The van der Waals surface area contributed by atoms with Gasteiger partial charge in [-0.25, -0.2) is 16.8 Å². The van der Waals surface area contributed by atoms with Crippen LogP contribution in [0.5, 0.6) is 0 Å². The van der Waals surface area contributed by atoms with Crippen molar-refractivity contribution < 1.29 is 30.0 Å². The van der Waals surface area contributed by atoms with E-state index in [9.17, 15) is 30.0 Å². The van der Waals surface area contributed by atoms with Gasteiger partial charge in [0.05, 0.1) is 15.4 Å². The first-order valence-electron chi connectivity index (χ1n) is 11.5. The minimum Gasteiger partial charge on any atom is -0.399 e. The molecular weight excluding hydrogens is 559 g/mol. The minimum atomic E-state index is -4.59. The molecule has 3 aromatic carbocycles. The summed E-state index contributed by atoms with van der Waals surface area (Å²) in [5, 5.41) is 0. The molecule has 0 atom stereocenters. The normalized spacial score (nSPS) is 16.0. The van der Waals surface area contributed by atoms with Crippen molar-refractivity contribution in [3.8, 4) is 0 Å². The first kappa shape index (κ1) is 28.4. The van der Waals surface area contributed by atoms with Crippen molar-refractivity contribution in [1.29, 1.82) is 0 Å². The van der Waals surface area contributed by atoms with E-state index in [1.165, 1.54) is 22.1 Å². The number of alkyl halides is 3. The van der Waals surface area contributed by atoms with E-state index in [4.69, 9.17) is 5.73 Å². The Bertz CT molecular complexity index is 1550. The van der Waals surface area contributed by atoms with Gasteiger partial charge in [-0.2, -0.15) is 21.8 Å². The highest BCUT2D eigenvalue weighted by Crippen LogP contribution is 2.37. The number of anilines is 1. The molecule has 7 nitrogen and oxygen atoms in total. The van der Waals surface area contributed by atoms with Gasteiger partial charge < -0.3 is 5.73 Å². The van der Waals surface area contributed by atoms with Crippen molar-refractivity contribution in [2.45, 2.75) is 39.6 Å². The van der Waals surface area contributed by atoms with Crippen molar-refractivity contribution in [3.05, 3.63) is 77.4 Å². The molecule has 0 aromatic heterocycles. The summed E-state index contributed by atoms with van der Waals surface area (Å²) in [7, 11) is -8.13. The molecule has 1 heterocycles. The van der Waals surface area contributed by atoms with Gasteiger partial charge >= 0.3 is 6.18 Å². The molecule has 0 unspecified atom stereocenters. The molecule has 0 bridgehead atoms. The second-order valence-electron chi connectivity index (χ2n) is 8.91. The Morgan fingerprint density at radius 3 is 1.92 bits per heavy atom. The number of sulfonamides is 2. The summed E-state index contributed by atoms with van der Waals surface area (Å²) in [5.74, 6) is 0. The number of aryl methyl sites for hydroxylation is 2. The van der Waals surface area contributed by atoms with Crippen LogP contribution in [-0.4, -0.2) is 51.6 Å². The highest BCUT2D eigenvalue weighted by molar-refractivity contribution is 8.00. The molecule has 1 aliphatic heterocycles. The first-order chi connectivity index (χ1) is 17.7. The highest BCUT2D eigenvalue weighted by atomic mass is 32.2.